The first-order chi connectivity index (χ1) is 9.54. The molecule has 1 aromatic carbocycles. The Morgan fingerprint density at radius 3 is 2.80 bits per heavy atom. The Morgan fingerprint density at radius 2 is 2.15 bits per heavy atom. The molecule has 106 valence electrons. The van der Waals surface area contributed by atoms with Gasteiger partial charge in [0.2, 0.25) is 0 Å². The van der Waals surface area contributed by atoms with Gasteiger partial charge in [0, 0.05) is 7.05 Å². The summed E-state index contributed by atoms with van der Waals surface area (Å²) in [5.41, 5.74) is 1.10. The summed E-state index contributed by atoms with van der Waals surface area (Å²) in [6.45, 7) is 2.42. The van der Waals surface area contributed by atoms with E-state index in [1.54, 1.807) is 18.0 Å². The molecule has 0 aliphatic carbocycles. The molecule has 1 heterocycles. The number of benzene rings is 1. The third kappa shape index (κ3) is 4.13. The zero-order valence-corrected chi connectivity index (χ0v) is 13.0. The number of halogens is 1. The highest BCUT2D eigenvalue weighted by atomic mass is 79.9. The molecule has 2 aromatic rings. The molecular weight excluding hydrogens is 322 g/mol. The van der Waals surface area contributed by atoms with Crippen molar-refractivity contribution in [3.05, 3.63) is 52.4 Å². The average Bonchev–Trinajstić information content (AvgIpc) is 2.81. The van der Waals surface area contributed by atoms with E-state index in [1.165, 1.54) is 0 Å². The minimum atomic E-state index is -0.0981. The van der Waals surface area contributed by atoms with Gasteiger partial charge in [-0.05, 0) is 52.7 Å². The zero-order valence-electron chi connectivity index (χ0n) is 11.4. The lowest BCUT2D eigenvalue weighted by molar-refractivity contribution is -0.132. The fourth-order valence-electron chi connectivity index (χ4n) is 1.72. The molecule has 0 saturated carbocycles. The molecule has 0 aliphatic heterocycles. The molecule has 0 unspecified atom stereocenters. The van der Waals surface area contributed by atoms with Crippen molar-refractivity contribution in [1.82, 2.24) is 4.90 Å². The summed E-state index contributed by atoms with van der Waals surface area (Å²) >= 11 is 3.23. The molecule has 0 saturated heterocycles. The third-order valence-electron chi connectivity index (χ3n) is 2.80. The van der Waals surface area contributed by atoms with E-state index >= 15 is 0 Å². The summed E-state index contributed by atoms with van der Waals surface area (Å²) in [6.07, 6.45) is 0. The summed E-state index contributed by atoms with van der Waals surface area (Å²) in [5, 5.41) is 0. The first kappa shape index (κ1) is 14.7. The maximum Gasteiger partial charge on any atom is 0.260 e. The Hall–Kier alpha value is -1.75. The van der Waals surface area contributed by atoms with E-state index in [2.05, 4.69) is 15.9 Å². The summed E-state index contributed by atoms with van der Waals surface area (Å²) in [4.78, 5) is 13.5. The first-order valence-corrected chi connectivity index (χ1v) is 7.01. The molecule has 0 radical (unpaired) electrons. The predicted molar refractivity (Wildman–Crippen MR) is 79.6 cm³/mol. The summed E-state index contributed by atoms with van der Waals surface area (Å²) < 4.78 is 11.5. The standard InChI is InChI=1S/C15H16BrNO3/c1-11-4-3-5-12(8-11)19-10-15(18)17(2)9-13-6-7-14(16)20-13/h3-8H,9-10H2,1-2H3. The molecule has 0 spiro atoms. The minimum absolute atomic E-state index is 0.0157. The molecule has 0 bridgehead atoms. The van der Waals surface area contributed by atoms with Gasteiger partial charge in [-0.2, -0.15) is 0 Å². The molecule has 1 aromatic heterocycles. The molecule has 0 N–H and O–H groups in total. The number of hydrogen-bond acceptors (Lipinski definition) is 3. The lowest BCUT2D eigenvalue weighted by atomic mass is 10.2. The van der Waals surface area contributed by atoms with Crippen LogP contribution in [0.1, 0.15) is 11.3 Å². The quantitative estimate of drug-likeness (QED) is 0.839. The molecular formula is C15H16BrNO3. The molecule has 0 fully saturated rings. The lowest BCUT2D eigenvalue weighted by Crippen LogP contribution is -2.30. The van der Waals surface area contributed by atoms with E-state index in [0.29, 0.717) is 17.0 Å². The van der Waals surface area contributed by atoms with Crippen LogP contribution in [-0.4, -0.2) is 24.5 Å². The van der Waals surface area contributed by atoms with Gasteiger partial charge in [-0.25, -0.2) is 0 Å². The van der Waals surface area contributed by atoms with Crippen LogP contribution in [0.15, 0.2) is 45.5 Å². The van der Waals surface area contributed by atoms with Crippen LogP contribution in [0.3, 0.4) is 0 Å². The van der Waals surface area contributed by atoms with Gasteiger partial charge in [-0.3, -0.25) is 4.79 Å². The molecule has 0 aliphatic rings. The van der Waals surface area contributed by atoms with E-state index in [1.807, 2.05) is 37.3 Å². The van der Waals surface area contributed by atoms with E-state index in [0.717, 1.165) is 11.3 Å². The Bertz CT molecular complexity index is 594. The van der Waals surface area contributed by atoms with Gasteiger partial charge in [0.15, 0.2) is 11.3 Å². The van der Waals surface area contributed by atoms with Crippen molar-refractivity contribution in [2.45, 2.75) is 13.5 Å². The van der Waals surface area contributed by atoms with Crippen LogP contribution < -0.4 is 4.74 Å². The highest BCUT2D eigenvalue weighted by molar-refractivity contribution is 9.10. The highest BCUT2D eigenvalue weighted by Crippen LogP contribution is 2.16. The van der Waals surface area contributed by atoms with Gasteiger partial charge in [0.25, 0.3) is 5.91 Å². The van der Waals surface area contributed by atoms with Crippen molar-refractivity contribution in [3.8, 4) is 5.75 Å². The van der Waals surface area contributed by atoms with E-state index in [9.17, 15) is 4.79 Å². The summed E-state index contributed by atoms with van der Waals surface area (Å²) in [6, 6.07) is 11.3. The number of carbonyl (C=O) groups is 1. The van der Waals surface area contributed by atoms with Gasteiger partial charge in [-0.15, -0.1) is 0 Å². The number of likely N-dealkylation sites (N-methyl/N-ethyl adjacent to an activating group) is 1. The molecule has 5 heteroatoms. The van der Waals surface area contributed by atoms with Crippen molar-refractivity contribution in [2.75, 3.05) is 13.7 Å². The highest BCUT2D eigenvalue weighted by Gasteiger charge is 2.12. The molecule has 20 heavy (non-hydrogen) atoms. The Labute approximate surface area is 126 Å². The number of carbonyl (C=O) groups excluding carboxylic acids is 1. The van der Waals surface area contributed by atoms with Gasteiger partial charge >= 0.3 is 0 Å². The average molecular weight is 338 g/mol. The minimum Gasteiger partial charge on any atom is -0.484 e. The topological polar surface area (TPSA) is 42.7 Å². The Morgan fingerprint density at radius 1 is 1.35 bits per heavy atom. The van der Waals surface area contributed by atoms with Gasteiger partial charge in [0.1, 0.15) is 11.5 Å². The van der Waals surface area contributed by atoms with Gasteiger partial charge < -0.3 is 14.1 Å². The monoisotopic (exact) mass is 337 g/mol. The number of furan rings is 1. The van der Waals surface area contributed by atoms with Crippen molar-refractivity contribution < 1.29 is 13.9 Å². The van der Waals surface area contributed by atoms with Crippen molar-refractivity contribution in [2.24, 2.45) is 0 Å². The van der Waals surface area contributed by atoms with Crippen LogP contribution in [-0.2, 0) is 11.3 Å². The number of hydrogen-bond donors (Lipinski definition) is 0. The van der Waals surface area contributed by atoms with Crippen LogP contribution in [0.2, 0.25) is 0 Å². The third-order valence-corrected chi connectivity index (χ3v) is 3.23. The normalized spacial score (nSPS) is 10.3. The zero-order chi connectivity index (χ0) is 14.5. The number of amides is 1. The van der Waals surface area contributed by atoms with Gasteiger partial charge in [0.05, 0.1) is 6.54 Å². The van der Waals surface area contributed by atoms with Crippen LogP contribution in [0.25, 0.3) is 0 Å². The van der Waals surface area contributed by atoms with Crippen LogP contribution >= 0.6 is 15.9 Å². The van der Waals surface area contributed by atoms with Crippen molar-refractivity contribution in [3.63, 3.8) is 0 Å². The molecule has 0 atom stereocenters. The number of ether oxygens (including phenoxy) is 1. The SMILES string of the molecule is Cc1cccc(OCC(=O)N(C)Cc2ccc(Br)o2)c1. The molecule has 1 amide bonds. The summed E-state index contributed by atoms with van der Waals surface area (Å²) in [7, 11) is 1.72. The number of aryl methyl sites for hydroxylation is 1. The number of nitrogens with zero attached hydrogens (tertiary/aromatic N) is 1. The second kappa shape index (κ2) is 6.61. The van der Waals surface area contributed by atoms with Crippen LogP contribution in [0.4, 0.5) is 0 Å². The molecule has 4 nitrogen and oxygen atoms in total. The van der Waals surface area contributed by atoms with E-state index < -0.39 is 0 Å². The summed E-state index contributed by atoms with van der Waals surface area (Å²) in [5.74, 6) is 1.33. The first-order valence-electron chi connectivity index (χ1n) is 6.22. The lowest BCUT2D eigenvalue weighted by Gasteiger charge is -2.16. The van der Waals surface area contributed by atoms with Crippen LogP contribution in [0.5, 0.6) is 5.75 Å². The second-order valence-electron chi connectivity index (χ2n) is 4.56. The fourth-order valence-corrected chi connectivity index (χ4v) is 2.06. The smallest absolute Gasteiger partial charge is 0.260 e. The van der Waals surface area contributed by atoms with E-state index in [4.69, 9.17) is 9.15 Å². The van der Waals surface area contributed by atoms with E-state index in [-0.39, 0.29) is 12.5 Å². The second-order valence-corrected chi connectivity index (χ2v) is 5.34. The Balaban J connectivity index is 1.85. The van der Waals surface area contributed by atoms with Gasteiger partial charge in [-0.1, -0.05) is 12.1 Å². The van der Waals surface area contributed by atoms with Crippen LogP contribution in [0, 0.1) is 6.92 Å². The molecule has 2 rings (SSSR count). The van der Waals surface area contributed by atoms with Crippen molar-refractivity contribution in [1.29, 1.82) is 0 Å². The predicted octanol–water partition coefficient (Wildman–Crippen LogP) is 3.39. The van der Waals surface area contributed by atoms with Crippen molar-refractivity contribution >= 4 is 21.8 Å². The maximum absolute atomic E-state index is 12.0. The largest absolute Gasteiger partial charge is 0.484 e. The number of rotatable bonds is 5. The Kier molecular flexibility index (Phi) is 4.84. The maximum atomic E-state index is 12.0. The fraction of sp³-hybridized carbons (Fsp3) is 0.267.